The number of benzene rings is 1. The lowest BCUT2D eigenvalue weighted by atomic mass is 10.0. The zero-order chi connectivity index (χ0) is 20.6. The monoisotopic (exact) mass is 400 g/mol. The highest BCUT2D eigenvalue weighted by molar-refractivity contribution is 5.93. The van der Waals surface area contributed by atoms with E-state index in [1.165, 1.54) is 0 Å². The van der Waals surface area contributed by atoms with Gasteiger partial charge in [0.1, 0.15) is 5.75 Å². The summed E-state index contributed by atoms with van der Waals surface area (Å²) in [7, 11) is 1.63. The van der Waals surface area contributed by atoms with E-state index >= 15 is 0 Å². The van der Waals surface area contributed by atoms with Crippen LogP contribution in [0.1, 0.15) is 37.4 Å². The quantitative estimate of drug-likeness (QED) is 0.472. The molecule has 0 atom stereocenters. The highest BCUT2D eigenvalue weighted by Gasteiger charge is 2.17. The number of hydrogen-bond acceptors (Lipinski definition) is 6. The van der Waals surface area contributed by atoms with Gasteiger partial charge < -0.3 is 23.5 Å². The smallest absolute Gasteiger partial charge is 0.334 e. The van der Waals surface area contributed by atoms with E-state index in [0.717, 1.165) is 29.8 Å². The van der Waals surface area contributed by atoms with Crippen LogP contribution in [0, 0.1) is 6.92 Å². The molecule has 1 aliphatic heterocycles. The topological polar surface area (TPSA) is 71.8 Å². The molecule has 2 aromatic rings. The van der Waals surface area contributed by atoms with Crippen molar-refractivity contribution in [1.29, 1.82) is 0 Å². The number of methoxy groups -OCH3 is 1. The lowest BCUT2D eigenvalue weighted by Gasteiger charge is -2.12. The maximum atomic E-state index is 12.4. The fraction of sp³-hybridized carbons (Fsp3) is 0.455. The number of ether oxygens (including phenoxy) is 4. The largest absolute Gasteiger partial charge is 0.495 e. The summed E-state index contributed by atoms with van der Waals surface area (Å²) >= 11 is 0. The molecule has 1 aliphatic rings. The van der Waals surface area contributed by atoms with Gasteiger partial charge in [-0.2, -0.15) is 0 Å². The predicted molar refractivity (Wildman–Crippen MR) is 109 cm³/mol. The summed E-state index contributed by atoms with van der Waals surface area (Å²) in [6.45, 7) is 5.35. The second-order valence-corrected chi connectivity index (χ2v) is 6.81. The van der Waals surface area contributed by atoms with Gasteiger partial charge in [-0.25, -0.2) is 9.78 Å². The molecule has 7 heteroatoms. The number of carbonyl (C=O) groups excluding carboxylic acids is 1. The number of imidazole rings is 1. The van der Waals surface area contributed by atoms with Crippen LogP contribution in [0.2, 0.25) is 0 Å². The molecule has 0 amide bonds. The Morgan fingerprint density at radius 2 is 2.14 bits per heavy atom. The molecule has 0 unspecified atom stereocenters. The van der Waals surface area contributed by atoms with Crippen molar-refractivity contribution < 1.29 is 23.7 Å². The van der Waals surface area contributed by atoms with E-state index in [-0.39, 0.29) is 12.3 Å². The molecule has 0 saturated carbocycles. The molecule has 0 spiro atoms. The van der Waals surface area contributed by atoms with Crippen molar-refractivity contribution in [3.8, 4) is 11.4 Å². The first-order chi connectivity index (χ1) is 14.1. The van der Waals surface area contributed by atoms with E-state index in [2.05, 4.69) is 4.98 Å². The third kappa shape index (κ3) is 5.68. The fourth-order valence-corrected chi connectivity index (χ4v) is 3.24. The van der Waals surface area contributed by atoms with Gasteiger partial charge in [-0.1, -0.05) is 6.07 Å². The maximum absolute atomic E-state index is 12.4. The Bertz CT molecular complexity index is 853. The zero-order valence-corrected chi connectivity index (χ0v) is 17.2. The van der Waals surface area contributed by atoms with Gasteiger partial charge in [-0.05, 0) is 56.9 Å². The van der Waals surface area contributed by atoms with Crippen LogP contribution in [0.25, 0.3) is 11.8 Å². The average molecular weight is 400 g/mol. The number of carbonyl (C=O) groups is 1. The van der Waals surface area contributed by atoms with Gasteiger partial charge in [0, 0.05) is 11.8 Å². The van der Waals surface area contributed by atoms with E-state index in [9.17, 15) is 4.79 Å². The molecular weight excluding hydrogens is 372 g/mol. The van der Waals surface area contributed by atoms with Crippen molar-refractivity contribution in [2.45, 2.75) is 39.4 Å². The predicted octanol–water partition coefficient (Wildman–Crippen LogP) is 3.68. The Morgan fingerprint density at radius 1 is 1.34 bits per heavy atom. The molecule has 0 aliphatic carbocycles. The molecule has 0 radical (unpaired) electrons. The van der Waals surface area contributed by atoms with Crippen molar-refractivity contribution in [1.82, 2.24) is 9.55 Å². The van der Waals surface area contributed by atoms with Gasteiger partial charge in [0.15, 0.2) is 6.29 Å². The highest BCUT2D eigenvalue weighted by atomic mass is 16.7. The van der Waals surface area contributed by atoms with E-state index in [4.69, 9.17) is 18.9 Å². The van der Waals surface area contributed by atoms with Crippen LogP contribution >= 0.6 is 0 Å². The van der Waals surface area contributed by atoms with E-state index in [1.54, 1.807) is 20.4 Å². The number of rotatable bonds is 9. The van der Waals surface area contributed by atoms with Crippen LogP contribution in [0.15, 0.2) is 36.3 Å². The molecule has 2 heterocycles. The summed E-state index contributed by atoms with van der Waals surface area (Å²) < 4.78 is 23.6. The molecule has 1 aromatic carbocycles. The third-order valence-electron chi connectivity index (χ3n) is 4.65. The van der Waals surface area contributed by atoms with Crippen molar-refractivity contribution >= 4 is 12.0 Å². The second kappa shape index (κ2) is 10.2. The van der Waals surface area contributed by atoms with Crippen molar-refractivity contribution in [2.75, 3.05) is 26.9 Å². The second-order valence-electron chi connectivity index (χ2n) is 6.81. The number of esters is 1. The summed E-state index contributed by atoms with van der Waals surface area (Å²) in [5.41, 5.74) is 3.31. The normalized spacial score (nSPS) is 14.9. The Labute approximate surface area is 171 Å². The lowest BCUT2D eigenvalue weighted by Crippen LogP contribution is -2.10. The summed E-state index contributed by atoms with van der Waals surface area (Å²) in [6, 6.07) is 5.82. The van der Waals surface area contributed by atoms with E-state index < -0.39 is 0 Å². The first kappa shape index (κ1) is 21.1. The molecular formula is C22H28N2O5. The van der Waals surface area contributed by atoms with Crippen LogP contribution in [-0.2, 0) is 19.0 Å². The molecule has 1 fully saturated rings. The minimum Gasteiger partial charge on any atom is -0.495 e. The summed E-state index contributed by atoms with van der Waals surface area (Å²) in [4.78, 5) is 16.7. The Morgan fingerprint density at radius 3 is 2.79 bits per heavy atom. The first-order valence-corrected chi connectivity index (χ1v) is 9.90. The van der Waals surface area contributed by atoms with Gasteiger partial charge in [-0.3, -0.25) is 0 Å². The average Bonchev–Trinajstić information content (AvgIpc) is 3.39. The van der Waals surface area contributed by atoms with Gasteiger partial charge in [0.05, 0.1) is 44.6 Å². The van der Waals surface area contributed by atoms with Crippen molar-refractivity contribution in [3.05, 3.63) is 47.6 Å². The number of nitrogens with zero attached hydrogens (tertiary/aromatic N) is 2. The number of aromatic nitrogens is 2. The molecule has 29 heavy (non-hydrogen) atoms. The third-order valence-corrected chi connectivity index (χ3v) is 4.65. The molecule has 0 bridgehead atoms. The van der Waals surface area contributed by atoms with Gasteiger partial charge >= 0.3 is 5.97 Å². The van der Waals surface area contributed by atoms with Crippen molar-refractivity contribution in [3.63, 3.8) is 0 Å². The number of hydrogen-bond donors (Lipinski definition) is 0. The van der Waals surface area contributed by atoms with Crippen LogP contribution in [0.3, 0.4) is 0 Å². The van der Waals surface area contributed by atoms with E-state index in [1.807, 2.05) is 42.0 Å². The highest BCUT2D eigenvalue weighted by Crippen LogP contribution is 2.26. The molecule has 0 N–H and O–H groups in total. The molecule has 7 nitrogen and oxygen atoms in total. The molecule has 3 rings (SSSR count). The lowest BCUT2D eigenvalue weighted by molar-refractivity contribution is -0.138. The summed E-state index contributed by atoms with van der Waals surface area (Å²) in [5.74, 6) is 0.404. The molecule has 156 valence electrons. The molecule has 1 saturated heterocycles. The first-order valence-electron chi connectivity index (χ1n) is 9.90. The Balaban J connectivity index is 1.78. The number of aryl methyl sites for hydroxylation is 1. The SMILES string of the molecule is CCOC(=O)/C(=C\c1ccc(-n2cnc(C)c2)c(OC)c1)CCCC1OCCO1. The van der Waals surface area contributed by atoms with Crippen LogP contribution < -0.4 is 4.74 Å². The van der Waals surface area contributed by atoms with Crippen molar-refractivity contribution in [2.24, 2.45) is 0 Å². The fourth-order valence-electron chi connectivity index (χ4n) is 3.24. The van der Waals surface area contributed by atoms with Crippen LogP contribution in [0.4, 0.5) is 0 Å². The van der Waals surface area contributed by atoms with Gasteiger partial charge in [-0.15, -0.1) is 0 Å². The van der Waals surface area contributed by atoms with Crippen LogP contribution in [0.5, 0.6) is 5.75 Å². The van der Waals surface area contributed by atoms with Gasteiger partial charge in [0.25, 0.3) is 0 Å². The minimum atomic E-state index is -0.297. The molecule has 1 aromatic heterocycles. The summed E-state index contributed by atoms with van der Waals surface area (Å²) in [6.07, 6.45) is 7.49. The van der Waals surface area contributed by atoms with Crippen LogP contribution in [-0.4, -0.2) is 48.7 Å². The summed E-state index contributed by atoms with van der Waals surface area (Å²) in [5, 5.41) is 0. The van der Waals surface area contributed by atoms with Gasteiger partial charge in [0.2, 0.25) is 0 Å². The standard InChI is InChI=1S/C22H28N2O5/c1-4-27-22(25)18(6-5-7-21-28-10-11-29-21)12-17-8-9-19(20(13-17)26-3)24-14-16(2)23-15-24/h8-9,12-15,21H,4-7,10-11H2,1-3H3/b18-12-. The Hall–Kier alpha value is -2.64. The van der Waals surface area contributed by atoms with E-state index in [0.29, 0.717) is 37.6 Å². The maximum Gasteiger partial charge on any atom is 0.334 e. The Kier molecular flexibility index (Phi) is 7.43. The zero-order valence-electron chi connectivity index (χ0n) is 17.2. The minimum absolute atomic E-state index is 0.170.